The summed E-state index contributed by atoms with van der Waals surface area (Å²) in [5.74, 6) is 1.47. The van der Waals surface area contributed by atoms with Crippen LogP contribution in [0.25, 0.3) is 0 Å². The molecule has 0 heterocycles. The maximum absolute atomic E-state index is 12.3. The summed E-state index contributed by atoms with van der Waals surface area (Å²) in [4.78, 5) is 12.3. The van der Waals surface area contributed by atoms with Crippen LogP contribution >= 0.6 is 0 Å². The number of amides is 1. The van der Waals surface area contributed by atoms with Crippen molar-refractivity contribution in [2.45, 2.75) is 18.9 Å². The molecule has 7 nitrogen and oxygen atoms in total. The molecule has 0 radical (unpaired) electrons. The molecule has 3 aromatic rings. The van der Waals surface area contributed by atoms with E-state index in [1.807, 2.05) is 48.5 Å². The summed E-state index contributed by atoms with van der Waals surface area (Å²) in [6, 6.07) is 21.6. The Morgan fingerprint density at radius 2 is 1.55 bits per heavy atom. The average Bonchev–Trinajstić information content (AvgIpc) is 2.83. The van der Waals surface area contributed by atoms with Gasteiger partial charge in [-0.1, -0.05) is 24.3 Å². The molecule has 3 rings (SSSR count). The first kappa shape index (κ1) is 24.1. The van der Waals surface area contributed by atoms with Crippen molar-refractivity contribution in [1.82, 2.24) is 5.32 Å². The lowest BCUT2D eigenvalue weighted by Gasteiger charge is -2.13. The van der Waals surface area contributed by atoms with Gasteiger partial charge in [0.05, 0.1) is 13.5 Å². The van der Waals surface area contributed by atoms with Crippen molar-refractivity contribution < 1.29 is 24.5 Å². The summed E-state index contributed by atoms with van der Waals surface area (Å²) in [6.45, 7) is 1.29. The summed E-state index contributed by atoms with van der Waals surface area (Å²) in [7, 11) is 1.61. The largest absolute Gasteiger partial charge is 0.508 e. The normalized spacial score (nSPS) is 11.6. The molecule has 0 fully saturated rings. The Balaban J connectivity index is 1.32. The SMILES string of the molecule is COc1ccc(CC(=O)Nc2ccc(CCNC[C@H](O)COc3ccc(O)cc3)cc2)cc1. The Morgan fingerprint density at radius 1 is 0.909 bits per heavy atom. The second-order valence-corrected chi connectivity index (χ2v) is 7.68. The van der Waals surface area contributed by atoms with E-state index in [1.54, 1.807) is 19.2 Å². The molecule has 1 atom stereocenters. The predicted molar refractivity (Wildman–Crippen MR) is 128 cm³/mol. The smallest absolute Gasteiger partial charge is 0.228 e. The van der Waals surface area contributed by atoms with E-state index in [1.165, 1.54) is 12.1 Å². The van der Waals surface area contributed by atoms with Crippen molar-refractivity contribution in [3.05, 3.63) is 83.9 Å². The first-order valence-electron chi connectivity index (χ1n) is 10.8. The zero-order valence-electron chi connectivity index (χ0n) is 18.7. The van der Waals surface area contributed by atoms with Gasteiger partial charge >= 0.3 is 0 Å². The quantitative estimate of drug-likeness (QED) is 0.316. The summed E-state index contributed by atoms with van der Waals surface area (Å²) in [5.41, 5.74) is 2.81. The van der Waals surface area contributed by atoms with Gasteiger partial charge in [-0.05, 0) is 72.6 Å². The molecule has 0 saturated carbocycles. The summed E-state index contributed by atoms with van der Waals surface area (Å²) in [5, 5.41) is 25.4. The number of nitrogens with one attached hydrogen (secondary N) is 2. The predicted octanol–water partition coefficient (Wildman–Crippen LogP) is 3.15. The highest BCUT2D eigenvalue weighted by Gasteiger charge is 2.07. The van der Waals surface area contributed by atoms with Gasteiger partial charge < -0.3 is 30.3 Å². The minimum absolute atomic E-state index is 0.0712. The minimum atomic E-state index is -0.637. The van der Waals surface area contributed by atoms with Crippen molar-refractivity contribution in [1.29, 1.82) is 0 Å². The lowest BCUT2D eigenvalue weighted by atomic mass is 10.1. The number of carbonyl (C=O) groups is 1. The maximum atomic E-state index is 12.3. The Hall–Kier alpha value is -3.55. The number of methoxy groups -OCH3 is 1. The monoisotopic (exact) mass is 450 g/mol. The van der Waals surface area contributed by atoms with Crippen LogP contribution < -0.4 is 20.1 Å². The number of carbonyl (C=O) groups excluding carboxylic acids is 1. The lowest BCUT2D eigenvalue weighted by molar-refractivity contribution is -0.115. The number of aliphatic hydroxyl groups is 1. The van der Waals surface area contributed by atoms with Crippen LogP contribution in [0.5, 0.6) is 17.2 Å². The fourth-order valence-electron chi connectivity index (χ4n) is 3.18. The highest BCUT2D eigenvalue weighted by atomic mass is 16.5. The number of anilines is 1. The van der Waals surface area contributed by atoms with Gasteiger partial charge in [-0.15, -0.1) is 0 Å². The number of aliphatic hydroxyl groups excluding tert-OH is 1. The zero-order valence-corrected chi connectivity index (χ0v) is 18.7. The van der Waals surface area contributed by atoms with Crippen molar-refractivity contribution in [2.75, 3.05) is 32.1 Å². The second-order valence-electron chi connectivity index (χ2n) is 7.68. The van der Waals surface area contributed by atoms with Crippen molar-refractivity contribution in [3.8, 4) is 17.2 Å². The van der Waals surface area contributed by atoms with E-state index in [2.05, 4.69) is 10.6 Å². The Labute approximate surface area is 194 Å². The van der Waals surface area contributed by atoms with Gasteiger partial charge in [-0.25, -0.2) is 0 Å². The van der Waals surface area contributed by atoms with Gasteiger partial charge in [-0.2, -0.15) is 0 Å². The van der Waals surface area contributed by atoms with E-state index in [0.29, 0.717) is 25.3 Å². The number of aromatic hydroxyl groups is 1. The first-order valence-corrected chi connectivity index (χ1v) is 10.8. The highest BCUT2D eigenvalue weighted by Crippen LogP contribution is 2.16. The van der Waals surface area contributed by atoms with Crippen molar-refractivity contribution >= 4 is 11.6 Å². The fraction of sp³-hybridized carbons (Fsp3) is 0.269. The number of ether oxygens (including phenoxy) is 2. The number of hydrogen-bond acceptors (Lipinski definition) is 6. The van der Waals surface area contributed by atoms with Gasteiger partial charge in [0.15, 0.2) is 0 Å². The Bertz CT molecular complexity index is 989. The molecule has 0 aliphatic carbocycles. The number of rotatable bonds is 12. The molecule has 0 aromatic heterocycles. The number of hydrogen-bond donors (Lipinski definition) is 4. The Kier molecular flexibility index (Phi) is 9.11. The molecule has 4 N–H and O–H groups in total. The number of phenolic OH excluding ortho intramolecular Hbond substituents is 1. The van der Waals surface area contributed by atoms with Gasteiger partial charge in [0, 0.05) is 12.2 Å². The third-order valence-corrected chi connectivity index (χ3v) is 5.01. The van der Waals surface area contributed by atoms with Crippen LogP contribution in [0.1, 0.15) is 11.1 Å². The molecule has 0 aliphatic rings. The topological polar surface area (TPSA) is 100 Å². The van der Waals surface area contributed by atoms with Gasteiger partial charge in [0.2, 0.25) is 5.91 Å². The average molecular weight is 451 g/mol. The van der Waals surface area contributed by atoms with Crippen LogP contribution in [-0.2, 0) is 17.6 Å². The molecule has 1 amide bonds. The molecule has 174 valence electrons. The number of phenols is 1. The molecule has 0 unspecified atom stereocenters. The van der Waals surface area contributed by atoms with Crippen LogP contribution in [0.4, 0.5) is 5.69 Å². The standard InChI is InChI=1S/C26H30N2O5/c1-32-24-10-4-20(5-11-24)16-26(31)28-21-6-2-19(3-7-21)14-15-27-17-23(30)18-33-25-12-8-22(29)9-13-25/h2-13,23,27,29-30H,14-18H2,1H3,(H,28,31)/t23-/m0/s1. The molecule has 0 bridgehead atoms. The number of benzene rings is 3. The third kappa shape index (κ3) is 8.48. The van der Waals surface area contributed by atoms with E-state index < -0.39 is 6.10 Å². The van der Waals surface area contributed by atoms with E-state index in [4.69, 9.17) is 9.47 Å². The van der Waals surface area contributed by atoms with E-state index >= 15 is 0 Å². The molecule has 3 aromatic carbocycles. The zero-order chi connectivity index (χ0) is 23.5. The minimum Gasteiger partial charge on any atom is -0.508 e. The van der Waals surface area contributed by atoms with Gasteiger partial charge in [0.1, 0.15) is 30.0 Å². The molecular formula is C26H30N2O5. The van der Waals surface area contributed by atoms with E-state index in [9.17, 15) is 15.0 Å². The van der Waals surface area contributed by atoms with Crippen LogP contribution in [0.2, 0.25) is 0 Å². The molecular weight excluding hydrogens is 420 g/mol. The molecule has 33 heavy (non-hydrogen) atoms. The highest BCUT2D eigenvalue weighted by molar-refractivity contribution is 5.92. The second kappa shape index (κ2) is 12.5. The van der Waals surface area contributed by atoms with Crippen LogP contribution in [0, 0.1) is 0 Å². The molecule has 0 saturated heterocycles. The fourth-order valence-corrected chi connectivity index (χ4v) is 3.18. The summed E-state index contributed by atoms with van der Waals surface area (Å²) in [6.07, 6.45) is 0.460. The molecule has 7 heteroatoms. The third-order valence-electron chi connectivity index (χ3n) is 5.01. The van der Waals surface area contributed by atoms with Crippen molar-refractivity contribution in [2.24, 2.45) is 0 Å². The van der Waals surface area contributed by atoms with Crippen LogP contribution in [-0.4, -0.2) is 49.0 Å². The maximum Gasteiger partial charge on any atom is 0.228 e. The van der Waals surface area contributed by atoms with E-state index in [-0.39, 0.29) is 18.3 Å². The Morgan fingerprint density at radius 3 is 2.21 bits per heavy atom. The van der Waals surface area contributed by atoms with Gasteiger partial charge in [-0.3, -0.25) is 4.79 Å². The summed E-state index contributed by atoms with van der Waals surface area (Å²) < 4.78 is 10.6. The van der Waals surface area contributed by atoms with E-state index in [0.717, 1.165) is 29.0 Å². The molecule has 0 spiro atoms. The van der Waals surface area contributed by atoms with Crippen molar-refractivity contribution in [3.63, 3.8) is 0 Å². The summed E-state index contributed by atoms with van der Waals surface area (Å²) >= 11 is 0. The van der Waals surface area contributed by atoms with Crippen LogP contribution in [0.15, 0.2) is 72.8 Å². The molecule has 0 aliphatic heterocycles. The van der Waals surface area contributed by atoms with Gasteiger partial charge in [0.25, 0.3) is 0 Å². The van der Waals surface area contributed by atoms with Crippen LogP contribution in [0.3, 0.4) is 0 Å². The first-order chi connectivity index (χ1) is 16.0. The lowest BCUT2D eigenvalue weighted by Crippen LogP contribution is -2.32.